The van der Waals surface area contributed by atoms with Crippen LogP contribution in [0.2, 0.25) is 0 Å². The molecule has 2 saturated heterocycles. The van der Waals surface area contributed by atoms with Crippen LogP contribution >= 0.6 is 0 Å². The van der Waals surface area contributed by atoms with Crippen LogP contribution in [0.25, 0.3) is 0 Å². The van der Waals surface area contributed by atoms with Crippen molar-refractivity contribution in [2.45, 2.75) is 19.1 Å². The van der Waals surface area contributed by atoms with Crippen LogP contribution in [0.15, 0.2) is 18.2 Å². The molecule has 0 spiro atoms. The molecule has 2 atom stereocenters. The zero-order valence-electron chi connectivity index (χ0n) is 11.3. The van der Waals surface area contributed by atoms with Crippen molar-refractivity contribution >= 4 is 11.7 Å². The Bertz CT molecular complexity index is 535. The van der Waals surface area contributed by atoms with E-state index in [1.807, 2.05) is 15.9 Å². The lowest BCUT2D eigenvalue weighted by Crippen LogP contribution is -2.52. The molecule has 0 saturated carbocycles. The number of amides is 2. The van der Waals surface area contributed by atoms with Crippen molar-refractivity contribution in [3.63, 3.8) is 0 Å². The van der Waals surface area contributed by atoms with Crippen LogP contribution in [0.4, 0.5) is 14.9 Å². The number of anilines is 1. The van der Waals surface area contributed by atoms with Crippen molar-refractivity contribution in [2.24, 2.45) is 0 Å². The van der Waals surface area contributed by atoms with E-state index < -0.39 is 6.10 Å². The van der Waals surface area contributed by atoms with E-state index in [1.54, 1.807) is 13.0 Å². The number of aliphatic hydroxyl groups excluding tert-OH is 1. The van der Waals surface area contributed by atoms with Crippen molar-refractivity contribution in [3.8, 4) is 0 Å². The fraction of sp³-hybridized carbons (Fsp3) is 0.500. The minimum Gasteiger partial charge on any atom is -0.389 e. The topological polar surface area (TPSA) is 55.8 Å². The summed E-state index contributed by atoms with van der Waals surface area (Å²) < 4.78 is 13.9. The van der Waals surface area contributed by atoms with Gasteiger partial charge < -0.3 is 20.2 Å². The minimum atomic E-state index is -0.854. The molecule has 2 aliphatic rings. The number of benzene rings is 1. The minimum absolute atomic E-state index is 0.0235. The first kappa shape index (κ1) is 13.2. The highest BCUT2D eigenvalue weighted by atomic mass is 19.1. The van der Waals surface area contributed by atoms with Crippen LogP contribution in [0, 0.1) is 5.82 Å². The lowest BCUT2D eigenvalue weighted by molar-refractivity contribution is 0.190. The Balaban J connectivity index is 1.88. The molecular weight excluding hydrogens is 261 g/mol. The molecule has 3 rings (SSSR count). The fourth-order valence-corrected chi connectivity index (χ4v) is 3.04. The smallest absolute Gasteiger partial charge is 0.317 e. The first-order valence-electron chi connectivity index (χ1n) is 6.84. The van der Waals surface area contributed by atoms with Gasteiger partial charge in [0.1, 0.15) is 5.82 Å². The maximum Gasteiger partial charge on any atom is 0.317 e. The molecule has 0 radical (unpaired) electrons. The van der Waals surface area contributed by atoms with Crippen molar-refractivity contribution in [2.75, 3.05) is 31.1 Å². The Morgan fingerprint density at radius 2 is 2.25 bits per heavy atom. The van der Waals surface area contributed by atoms with Gasteiger partial charge in [-0.2, -0.15) is 0 Å². The van der Waals surface area contributed by atoms with Crippen molar-refractivity contribution in [1.82, 2.24) is 10.2 Å². The molecule has 2 heterocycles. The van der Waals surface area contributed by atoms with Gasteiger partial charge in [0, 0.05) is 37.4 Å². The van der Waals surface area contributed by atoms with E-state index in [4.69, 9.17) is 0 Å². The van der Waals surface area contributed by atoms with Crippen molar-refractivity contribution < 1.29 is 14.3 Å². The van der Waals surface area contributed by atoms with Gasteiger partial charge >= 0.3 is 6.03 Å². The predicted octanol–water partition coefficient (Wildman–Crippen LogP) is 1.09. The van der Waals surface area contributed by atoms with E-state index in [9.17, 15) is 14.3 Å². The third kappa shape index (κ3) is 2.10. The highest BCUT2D eigenvalue weighted by Gasteiger charge is 2.36. The van der Waals surface area contributed by atoms with E-state index in [1.165, 1.54) is 6.07 Å². The summed E-state index contributed by atoms with van der Waals surface area (Å²) in [6, 6.07) is 4.93. The summed E-state index contributed by atoms with van der Waals surface area (Å²) in [5.41, 5.74) is 1.05. The summed E-state index contributed by atoms with van der Waals surface area (Å²) in [4.78, 5) is 15.4. The van der Waals surface area contributed by atoms with Gasteiger partial charge in [-0.3, -0.25) is 0 Å². The van der Waals surface area contributed by atoms with Gasteiger partial charge in [-0.1, -0.05) is 6.07 Å². The molecule has 2 amide bonds. The number of carbonyl (C=O) groups excluding carboxylic acids is 1. The number of hydrogen-bond donors (Lipinski definition) is 2. The van der Waals surface area contributed by atoms with Gasteiger partial charge in [0.15, 0.2) is 0 Å². The lowest BCUT2D eigenvalue weighted by atomic mass is 10.0. The van der Waals surface area contributed by atoms with Crippen LogP contribution in [0.1, 0.15) is 18.6 Å². The van der Waals surface area contributed by atoms with Crippen molar-refractivity contribution in [3.05, 3.63) is 29.6 Å². The lowest BCUT2D eigenvalue weighted by Gasteiger charge is -2.38. The summed E-state index contributed by atoms with van der Waals surface area (Å²) in [7, 11) is 0. The molecule has 2 N–H and O–H groups in total. The number of hydrogen-bond acceptors (Lipinski definition) is 3. The fourth-order valence-electron chi connectivity index (χ4n) is 3.04. The first-order chi connectivity index (χ1) is 9.58. The average Bonchev–Trinajstić information content (AvgIpc) is 2.79. The number of urea groups is 1. The molecule has 0 aliphatic carbocycles. The SMILES string of the molecule is CC(O)c1c(F)cccc1N1CCN2C(=O)NCC2C1. The van der Waals surface area contributed by atoms with E-state index in [2.05, 4.69) is 5.32 Å². The Morgan fingerprint density at radius 3 is 3.00 bits per heavy atom. The molecule has 2 fully saturated rings. The van der Waals surface area contributed by atoms with Crippen molar-refractivity contribution in [1.29, 1.82) is 0 Å². The highest BCUT2D eigenvalue weighted by Crippen LogP contribution is 2.30. The molecule has 2 aliphatic heterocycles. The van der Waals surface area contributed by atoms with Gasteiger partial charge in [-0.05, 0) is 19.1 Å². The summed E-state index contributed by atoms with van der Waals surface area (Å²) in [6.07, 6.45) is -0.854. The van der Waals surface area contributed by atoms with Gasteiger partial charge in [-0.25, -0.2) is 9.18 Å². The van der Waals surface area contributed by atoms with E-state index in [-0.39, 0.29) is 17.9 Å². The number of nitrogens with one attached hydrogen (secondary N) is 1. The second-order valence-corrected chi connectivity index (χ2v) is 5.33. The zero-order valence-corrected chi connectivity index (χ0v) is 11.3. The van der Waals surface area contributed by atoms with E-state index in [0.29, 0.717) is 31.7 Å². The Kier molecular flexibility index (Phi) is 3.25. The number of fused-ring (bicyclic) bond motifs is 1. The van der Waals surface area contributed by atoms with Crippen LogP contribution < -0.4 is 10.2 Å². The van der Waals surface area contributed by atoms with Crippen LogP contribution in [0.3, 0.4) is 0 Å². The summed E-state index contributed by atoms with van der Waals surface area (Å²) in [5.74, 6) is -0.388. The van der Waals surface area contributed by atoms with Crippen LogP contribution in [0.5, 0.6) is 0 Å². The molecular formula is C14H18FN3O2. The van der Waals surface area contributed by atoms with E-state index >= 15 is 0 Å². The molecule has 6 heteroatoms. The number of nitrogens with zero attached hydrogens (tertiary/aromatic N) is 2. The van der Waals surface area contributed by atoms with Crippen LogP contribution in [-0.2, 0) is 0 Å². The highest BCUT2D eigenvalue weighted by molar-refractivity contribution is 5.77. The second kappa shape index (κ2) is 4.94. The average molecular weight is 279 g/mol. The Morgan fingerprint density at radius 1 is 1.45 bits per heavy atom. The molecule has 1 aromatic rings. The molecule has 1 aromatic carbocycles. The summed E-state index contributed by atoms with van der Waals surface area (Å²) in [5, 5.41) is 12.6. The molecule has 2 unspecified atom stereocenters. The second-order valence-electron chi connectivity index (χ2n) is 5.33. The Hall–Kier alpha value is -1.82. The summed E-state index contributed by atoms with van der Waals surface area (Å²) >= 11 is 0. The number of halogens is 1. The zero-order chi connectivity index (χ0) is 14.3. The molecule has 5 nitrogen and oxygen atoms in total. The maximum absolute atomic E-state index is 13.9. The number of piperazine rings is 1. The quantitative estimate of drug-likeness (QED) is 0.852. The normalized spacial score (nSPS) is 23.6. The molecule has 20 heavy (non-hydrogen) atoms. The monoisotopic (exact) mass is 279 g/mol. The van der Waals surface area contributed by atoms with E-state index in [0.717, 1.165) is 5.69 Å². The molecule has 0 aromatic heterocycles. The predicted molar refractivity (Wildman–Crippen MR) is 73.1 cm³/mol. The number of rotatable bonds is 2. The van der Waals surface area contributed by atoms with Gasteiger partial charge in [0.25, 0.3) is 0 Å². The standard InChI is InChI=1S/C14H18FN3O2/c1-9(19)13-11(15)3-2-4-12(13)17-5-6-18-10(8-17)7-16-14(18)20/h2-4,9-10,19H,5-8H2,1H3,(H,16,20). The van der Waals surface area contributed by atoms with Gasteiger partial charge in [0.05, 0.1) is 12.1 Å². The Labute approximate surface area is 117 Å². The van der Waals surface area contributed by atoms with Crippen LogP contribution in [-0.4, -0.2) is 48.3 Å². The van der Waals surface area contributed by atoms with Gasteiger partial charge in [0.2, 0.25) is 0 Å². The summed E-state index contributed by atoms with van der Waals surface area (Å²) in [6.45, 7) is 4.11. The number of aliphatic hydroxyl groups is 1. The third-order valence-electron chi connectivity index (χ3n) is 4.02. The third-order valence-corrected chi connectivity index (χ3v) is 4.02. The van der Waals surface area contributed by atoms with Gasteiger partial charge in [-0.15, -0.1) is 0 Å². The molecule has 0 bridgehead atoms. The molecule has 108 valence electrons. The number of carbonyl (C=O) groups is 1. The first-order valence-corrected chi connectivity index (χ1v) is 6.84. The largest absolute Gasteiger partial charge is 0.389 e. The maximum atomic E-state index is 13.9.